The van der Waals surface area contributed by atoms with Crippen LogP contribution in [0.2, 0.25) is 0 Å². The van der Waals surface area contributed by atoms with Crippen LogP contribution in [0.25, 0.3) is 0 Å². The van der Waals surface area contributed by atoms with Crippen molar-refractivity contribution in [2.75, 3.05) is 46.4 Å². The van der Waals surface area contributed by atoms with Crippen molar-refractivity contribution in [3.05, 3.63) is 36.0 Å². The van der Waals surface area contributed by atoms with E-state index >= 15 is 0 Å². The Kier molecular flexibility index (Phi) is 6.34. The molecule has 0 atom stereocenters. The standard InChI is InChI=1S/C20H30N4O3/c1-20(2,3)19-21-18(27-22-19)15-24-11-9-23(10-12-24)13-14-26-17-7-5-16(25-4)6-8-17/h5-8H,9-15H2,1-4H3. The van der Waals surface area contributed by atoms with Gasteiger partial charge in [0.25, 0.3) is 0 Å². The number of benzene rings is 1. The van der Waals surface area contributed by atoms with Crippen LogP contribution in [-0.2, 0) is 12.0 Å². The first-order chi connectivity index (χ1) is 12.9. The van der Waals surface area contributed by atoms with Gasteiger partial charge in [0.05, 0.1) is 13.7 Å². The fraction of sp³-hybridized carbons (Fsp3) is 0.600. The third-order valence-electron chi connectivity index (χ3n) is 4.70. The lowest BCUT2D eigenvalue weighted by atomic mass is 9.96. The predicted octanol–water partition coefficient (Wildman–Crippen LogP) is 2.57. The Morgan fingerprint density at radius 1 is 1.00 bits per heavy atom. The van der Waals surface area contributed by atoms with E-state index in [4.69, 9.17) is 14.0 Å². The average Bonchev–Trinajstić information content (AvgIpc) is 3.13. The van der Waals surface area contributed by atoms with Crippen molar-refractivity contribution >= 4 is 0 Å². The third kappa shape index (κ3) is 5.68. The zero-order valence-electron chi connectivity index (χ0n) is 16.8. The summed E-state index contributed by atoms with van der Waals surface area (Å²) in [5.41, 5.74) is -0.0790. The molecule has 1 aromatic heterocycles. The Labute approximate surface area is 161 Å². The van der Waals surface area contributed by atoms with Crippen molar-refractivity contribution < 1.29 is 14.0 Å². The molecular weight excluding hydrogens is 344 g/mol. The zero-order chi connectivity index (χ0) is 19.3. The highest BCUT2D eigenvalue weighted by Gasteiger charge is 2.23. The van der Waals surface area contributed by atoms with Crippen LogP contribution in [0.3, 0.4) is 0 Å². The molecule has 1 saturated heterocycles. The molecule has 1 fully saturated rings. The molecule has 27 heavy (non-hydrogen) atoms. The lowest BCUT2D eigenvalue weighted by molar-refractivity contribution is 0.104. The SMILES string of the molecule is COc1ccc(OCCN2CCN(Cc3nc(C(C)(C)C)no3)CC2)cc1. The first-order valence-corrected chi connectivity index (χ1v) is 9.48. The molecule has 0 radical (unpaired) electrons. The fourth-order valence-corrected chi connectivity index (χ4v) is 2.95. The Balaban J connectivity index is 1.36. The molecule has 148 valence electrons. The molecule has 0 aliphatic carbocycles. The lowest BCUT2D eigenvalue weighted by Crippen LogP contribution is -2.47. The molecule has 0 saturated carbocycles. The number of methoxy groups -OCH3 is 1. The van der Waals surface area contributed by atoms with Crippen LogP contribution in [0.5, 0.6) is 11.5 Å². The quantitative estimate of drug-likeness (QED) is 0.738. The van der Waals surface area contributed by atoms with Gasteiger partial charge in [0.2, 0.25) is 5.89 Å². The molecule has 1 aliphatic rings. The zero-order valence-corrected chi connectivity index (χ0v) is 16.8. The van der Waals surface area contributed by atoms with Gasteiger partial charge in [-0.05, 0) is 24.3 Å². The van der Waals surface area contributed by atoms with Crippen molar-refractivity contribution in [3.63, 3.8) is 0 Å². The first kappa shape index (κ1) is 19.6. The second-order valence-electron chi connectivity index (χ2n) is 7.90. The summed E-state index contributed by atoms with van der Waals surface area (Å²) in [5, 5.41) is 4.10. The highest BCUT2D eigenvalue weighted by molar-refractivity contribution is 5.31. The molecule has 7 nitrogen and oxygen atoms in total. The fourth-order valence-electron chi connectivity index (χ4n) is 2.95. The molecule has 1 aliphatic heterocycles. The number of aromatic nitrogens is 2. The minimum atomic E-state index is -0.0790. The van der Waals surface area contributed by atoms with Gasteiger partial charge in [0.1, 0.15) is 18.1 Å². The molecule has 0 amide bonds. The van der Waals surface area contributed by atoms with E-state index in [1.807, 2.05) is 24.3 Å². The summed E-state index contributed by atoms with van der Waals surface area (Å²) in [5.74, 6) is 3.19. The van der Waals surface area contributed by atoms with Gasteiger partial charge in [-0.2, -0.15) is 4.98 Å². The van der Waals surface area contributed by atoms with E-state index < -0.39 is 0 Å². The van der Waals surface area contributed by atoms with E-state index in [9.17, 15) is 0 Å². The summed E-state index contributed by atoms with van der Waals surface area (Å²) < 4.78 is 16.4. The Hall–Kier alpha value is -2.12. The van der Waals surface area contributed by atoms with Crippen LogP contribution in [-0.4, -0.2) is 66.4 Å². The normalized spacial score (nSPS) is 16.4. The molecular formula is C20H30N4O3. The highest BCUT2D eigenvalue weighted by Crippen LogP contribution is 2.19. The first-order valence-electron chi connectivity index (χ1n) is 9.48. The van der Waals surface area contributed by atoms with Crippen molar-refractivity contribution in [1.82, 2.24) is 19.9 Å². The Bertz CT molecular complexity index is 701. The Morgan fingerprint density at radius 2 is 1.63 bits per heavy atom. The minimum absolute atomic E-state index is 0.0790. The molecule has 1 aromatic carbocycles. The minimum Gasteiger partial charge on any atom is -0.497 e. The second kappa shape index (κ2) is 8.71. The molecule has 0 spiro atoms. The second-order valence-corrected chi connectivity index (χ2v) is 7.90. The summed E-state index contributed by atoms with van der Waals surface area (Å²) in [6, 6.07) is 7.70. The van der Waals surface area contributed by atoms with Crippen molar-refractivity contribution in [2.24, 2.45) is 0 Å². The van der Waals surface area contributed by atoms with Gasteiger partial charge in [-0.3, -0.25) is 9.80 Å². The number of nitrogens with zero attached hydrogens (tertiary/aromatic N) is 4. The monoisotopic (exact) mass is 374 g/mol. The van der Waals surface area contributed by atoms with Crippen LogP contribution in [0, 0.1) is 0 Å². The summed E-state index contributed by atoms with van der Waals surface area (Å²) >= 11 is 0. The largest absolute Gasteiger partial charge is 0.497 e. The molecule has 0 bridgehead atoms. The van der Waals surface area contributed by atoms with Crippen molar-refractivity contribution in [2.45, 2.75) is 32.7 Å². The maximum absolute atomic E-state index is 5.82. The van der Waals surface area contributed by atoms with Crippen LogP contribution < -0.4 is 9.47 Å². The van der Waals surface area contributed by atoms with Gasteiger partial charge in [-0.25, -0.2) is 0 Å². The highest BCUT2D eigenvalue weighted by atomic mass is 16.5. The topological polar surface area (TPSA) is 63.9 Å². The molecule has 7 heteroatoms. The van der Waals surface area contributed by atoms with E-state index in [2.05, 4.69) is 40.7 Å². The number of hydrogen-bond acceptors (Lipinski definition) is 7. The maximum atomic E-state index is 5.82. The van der Waals surface area contributed by atoms with E-state index in [0.717, 1.165) is 56.6 Å². The molecule has 0 unspecified atom stereocenters. The summed E-state index contributed by atoms with van der Waals surface area (Å²) in [6.07, 6.45) is 0. The summed E-state index contributed by atoms with van der Waals surface area (Å²) in [4.78, 5) is 9.32. The van der Waals surface area contributed by atoms with E-state index in [0.29, 0.717) is 12.5 Å². The van der Waals surface area contributed by atoms with Crippen LogP contribution in [0.4, 0.5) is 0 Å². The summed E-state index contributed by atoms with van der Waals surface area (Å²) in [7, 11) is 1.66. The molecule has 3 rings (SSSR count). The lowest BCUT2D eigenvalue weighted by Gasteiger charge is -2.33. The van der Waals surface area contributed by atoms with E-state index in [1.54, 1.807) is 7.11 Å². The van der Waals surface area contributed by atoms with Gasteiger partial charge >= 0.3 is 0 Å². The summed E-state index contributed by atoms with van der Waals surface area (Å²) in [6.45, 7) is 12.6. The third-order valence-corrected chi connectivity index (χ3v) is 4.70. The predicted molar refractivity (Wildman–Crippen MR) is 103 cm³/mol. The van der Waals surface area contributed by atoms with E-state index in [1.165, 1.54) is 0 Å². The van der Waals surface area contributed by atoms with E-state index in [-0.39, 0.29) is 5.41 Å². The molecule has 0 N–H and O–H groups in total. The number of rotatable bonds is 7. The van der Waals surface area contributed by atoms with Gasteiger partial charge in [-0.15, -0.1) is 0 Å². The molecule has 2 aromatic rings. The van der Waals surface area contributed by atoms with Crippen LogP contribution in [0.15, 0.2) is 28.8 Å². The van der Waals surface area contributed by atoms with Gasteiger partial charge < -0.3 is 14.0 Å². The van der Waals surface area contributed by atoms with Crippen molar-refractivity contribution in [3.8, 4) is 11.5 Å². The number of hydrogen-bond donors (Lipinski definition) is 0. The number of ether oxygens (including phenoxy) is 2. The Morgan fingerprint density at radius 3 is 2.22 bits per heavy atom. The molecule has 2 heterocycles. The average molecular weight is 374 g/mol. The van der Waals surface area contributed by atoms with Gasteiger partial charge in [-0.1, -0.05) is 25.9 Å². The van der Waals surface area contributed by atoms with Gasteiger partial charge in [0, 0.05) is 38.1 Å². The van der Waals surface area contributed by atoms with Gasteiger partial charge in [0.15, 0.2) is 5.82 Å². The smallest absolute Gasteiger partial charge is 0.240 e. The maximum Gasteiger partial charge on any atom is 0.240 e. The van der Waals surface area contributed by atoms with Crippen molar-refractivity contribution in [1.29, 1.82) is 0 Å². The van der Waals surface area contributed by atoms with Crippen LogP contribution in [0.1, 0.15) is 32.5 Å². The number of piperazine rings is 1. The van der Waals surface area contributed by atoms with Crippen LogP contribution >= 0.6 is 0 Å².